The molecule has 1 fully saturated rings. The van der Waals surface area contributed by atoms with E-state index in [9.17, 15) is 0 Å². The van der Waals surface area contributed by atoms with E-state index >= 15 is 0 Å². The average Bonchev–Trinajstić information content (AvgIpc) is 3.19. The van der Waals surface area contributed by atoms with Gasteiger partial charge in [-0.1, -0.05) is 66.8 Å². The molecule has 0 N–H and O–H groups in total. The van der Waals surface area contributed by atoms with Crippen LogP contribution in [0.1, 0.15) is 50.0 Å². The predicted octanol–water partition coefficient (Wildman–Crippen LogP) is 7.29. The van der Waals surface area contributed by atoms with Crippen LogP contribution in [0.3, 0.4) is 0 Å². The van der Waals surface area contributed by atoms with E-state index in [0.29, 0.717) is 17.9 Å². The minimum atomic E-state index is 0.578. The van der Waals surface area contributed by atoms with Crippen molar-refractivity contribution in [3.63, 3.8) is 0 Å². The molecule has 0 bridgehead atoms. The molecule has 3 unspecified atom stereocenters. The van der Waals surface area contributed by atoms with Crippen molar-refractivity contribution in [3.8, 4) is 11.1 Å². The van der Waals surface area contributed by atoms with Gasteiger partial charge in [-0.2, -0.15) is 0 Å². The monoisotopic (exact) mass is 415 g/mol. The van der Waals surface area contributed by atoms with Crippen LogP contribution >= 0.6 is 0 Å². The molecule has 2 heteroatoms. The predicted molar refractivity (Wildman–Crippen MR) is 136 cm³/mol. The van der Waals surface area contributed by atoms with Crippen LogP contribution in [0.4, 0.5) is 5.69 Å². The maximum Gasteiger partial charge on any atom is 0.107 e. The van der Waals surface area contributed by atoms with Crippen LogP contribution in [0, 0.1) is 11.8 Å². The Kier molecular flexibility index (Phi) is 5.18. The lowest BCUT2D eigenvalue weighted by atomic mass is 9.70. The summed E-state index contributed by atoms with van der Waals surface area (Å²) in [6.45, 7) is 0. The Balaban J connectivity index is 1.39. The molecule has 32 heavy (non-hydrogen) atoms. The summed E-state index contributed by atoms with van der Waals surface area (Å²) in [6, 6.07) is 18.6. The molecule has 2 aromatic carbocycles. The average molecular weight is 415 g/mol. The van der Waals surface area contributed by atoms with Gasteiger partial charge in [0.05, 0.1) is 0 Å². The molecule has 3 aliphatic carbocycles. The minimum Gasteiger partial charge on any atom is -0.341 e. The first-order valence-corrected chi connectivity index (χ1v) is 12.2. The highest BCUT2D eigenvalue weighted by atomic mass is 15.2. The van der Waals surface area contributed by atoms with Gasteiger partial charge in [-0.15, -0.1) is 5.47 Å². The number of allylic oxidation sites excluding steroid dienone is 8. The molecule has 2 radical (unpaired) electrons. The molecule has 1 aliphatic heterocycles. The zero-order chi connectivity index (χ0) is 21.5. The number of fused-ring (bicyclic) bond motifs is 3. The van der Waals surface area contributed by atoms with Crippen molar-refractivity contribution in [1.82, 2.24) is 0 Å². The lowest BCUT2D eigenvalue weighted by Gasteiger charge is -2.40. The SMILES string of the molecule is [B]C1=CC=C(N2c3ccc(-c4ccccc4)cc3[C@@H]3CC(C4C=CC=CC4)CCC32)CC1. The molecule has 0 saturated heterocycles. The quantitative estimate of drug-likeness (QED) is 0.476. The van der Waals surface area contributed by atoms with Crippen LogP contribution in [0.25, 0.3) is 11.1 Å². The van der Waals surface area contributed by atoms with E-state index in [0.717, 1.165) is 24.2 Å². The fraction of sp³-hybridized carbons (Fsp3) is 0.333. The Hall–Kier alpha value is -2.74. The van der Waals surface area contributed by atoms with Crippen LogP contribution in [-0.2, 0) is 0 Å². The smallest absolute Gasteiger partial charge is 0.107 e. The van der Waals surface area contributed by atoms with Gasteiger partial charge in [-0.25, -0.2) is 0 Å². The number of anilines is 1. The van der Waals surface area contributed by atoms with Gasteiger partial charge in [0.25, 0.3) is 0 Å². The molecule has 2 aromatic rings. The molecular weight excluding hydrogens is 385 g/mol. The summed E-state index contributed by atoms with van der Waals surface area (Å²) in [6.07, 6.45) is 20.8. The number of nitrogens with zero attached hydrogens (tertiary/aromatic N) is 1. The molecule has 0 spiro atoms. The van der Waals surface area contributed by atoms with Crippen molar-refractivity contribution < 1.29 is 0 Å². The maximum absolute atomic E-state index is 6.09. The summed E-state index contributed by atoms with van der Waals surface area (Å²) < 4.78 is 0. The van der Waals surface area contributed by atoms with Crippen LogP contribution in [0.5, 0.6) is 0 Å². The van der Waals surface area contributed by atoms with E-state index in [-0.39, 0.29) is 0 Å². The Bertz CT molecular complexity index is 1120. The second-order valence-electron chi connectivity index (χ2n) is 9.87. The van der Waals surface area contributed by atoms with Gasteiger partial charge in [0, 0.05) is 23.3 Å². The Morgan fingerprint density at radius 2 is 1.78 bits per heavy atom. The second kappa shape index (κ2) is 8.32. The molecule has 1 heterocycles. The lowest BCUT2D eigenvalue weighted by molar-refractivity contribution is 0.244. The number of hydrogen-bond acceptors (Lipinski definition) is 1. The van der Waals surface area contributed by atoms with Crippen LogP contribution in [0.2, 0.25) is 0 Å². The molecule has 0 amide bonds. The zero-order valence-electron chi connectivity index (χ0n) is 18.7. The number of benzene rings is 2. The topological polar surface area (TPSA) is 3.24 Å². The highest BCUT2D eigenvalue weighted by Gasteiger charge is 2.44. The highest BCUT2D eigenvalue weighted by molar-refractivity contribution is 6.21. The summed E-state index contributed by atoms with van der Waals surface area (Å²) in [4.78, 5) is 2.69. The lowest BCUT2D eigenvalue weighted by Crippen LogP contribution is -2.38. The van der Waals surface area contributed by atoms with Gasteiger partial charge < -0.3 is 4.90 Å². The third-order valence-electron chi connectivity index (χ3n) is 8.07. The van der Waals surface area contributed by atoms with Gasteiger partial charge in [-0.3, -0.25) is 0 Å². The standard InChI is InChI=1S/C30H30BN/c31-25-13-15-26(16-14-25)32-29-17-11-23(21-7-3-1-4-8-21)19-27(29)28-20-24(12-18-30(28)32)22-9-5-2-6-10-22/h1-9,11,13,15,17,19,22,24,28,30H,10,12,14,16,18,20H2/t22?,24?,28-,30?/m0/s1. The van der Waals surface area contributed by atoms with Crippen LogP contribution < -0.4 is 4.90 Å². The van der Waals surface area contributed by atoms with Gasteiger partial charge in [0.1, 0.15) is 7.85 Å². The van der Waals surface area contributed by atoms with Gasteiger partial charge >= 0.3 is 0 Å². The first-order chi connectivity index (χ1) is 15.8. The Morgan fingerprint density at radius 3 is 2.56 bits per heavy atom. The number of rotatable bonds is 3. The first kappa shape index (κ1) is 19.9. The largest absolute Gasteiger partial charge is 0.341 e. The minimum absolute atomic E-state index is 0.578. The Labute approximate surface area is 193 Å². The van der Waals surface area contributed by atoms with Crippen molar-refractivity contribution >= 4 is 13.5 Å². The van der Waals surface area contributed by atoms with Crippen molar-refractivity contribution in [2.75, 3.05) is 4.90 Å². The van der Waals surface area contributed by atoms with E-state index in [1.165, 1.54) is 48.2 Å². The van der Waals surface area contributed by atoms with Crippen molar-refractivity contribution in [1.29, 1.82) is 0 Å². The van der Waals surface area contributed by atoms with E-state index in [2.05, 4.69) is 89.9 Å². The molecule has 1 saturated carbocycles. The van der Waals surface area contributed by atoms with Crippen molar-refractivity contribution in [3.05, 3.63) is 102 Å². The van der Waals surface area contributed by atoms with E-state index in [1.807, 2.05) is 0 Å². The zero-order valence-corrected chi connectivity index (χ0v) is 18.7. The maximum atomic E-state index is 6.09. The summed E-state index contributed by atoms with van der Waals surface area (Å²) in [7, 11) is 6.09. The van der Waals surface area contributed by atoms with E-state index in [1.54, 1.807) is 5.56 Å². The third-order valence-corrected chi connectivity index (χ3v) is 8.07. The van der Waals surface area contributed by atoms with Gasteiger partial charge in [0.2, 0.25) is 0 Å². The highest BCUT2D eigenvalue weighted by Crippen LogP contribution is 2.53. The summed E-state index contributed by atoms with van der Waals surface area (Å²) >= 11 is 0. The van der Waals surface area contributed by atoms with Gasteiger partial charge in [0.15, 0.2) is 0 Å². The van der Waals surface area contributed by atoms with Crippen LogP contribution in [-0.4, -0.2) is 13.9 Å². The normalized spacial score (nSPS) is 28.7. The molecule has 158 valence electrons. The molecule has 6 rings (SSSR count). The molecule has 4 aliphatic rings. The Morgan fingerprint density at radius 1 is 0.875 bits per heavy atom. The third kappa shape index (κ3) is 3.50. The summed E-state index contributed by atoms with van der Waals surface area (Å²) in [5.41, 5.74) is 8.09. The fourth-order valence-electron chi connectivity index (χ4n) is 6.44. The molecule has 4 atom stereocenters. The molecular formula is C30H30BN. The van der Waals surface area contributed by atoms with Crippen molar-refractivity contribution in [2.45, 2.75) is 50.5 Å². The van der Waals surface area contributed by atoms with E-state index < -0.39 is 0 Å². The van der Waals surface area contributed by atoms with E-state index in [4.69, 9.17) is 7.85 Å². The van der Waals surface area contributed by atoms with Gasteiger partial charge in [-0.05, 0) is 85.3 Å². The second-order valence-corrected chi connectivity index (χ2v) is 9.87. The fourth-order valence-corrected chi connectivity index (χ4v) is 6.44. The molecule has 0 aromatic heterocycles. The van der Waals surface area contributed by atoms with Crippen molar-refractivity contribution in [2.24, 2.45) is 11.8 Å². The first-order valence-electron chi connectivity index (χ1n) is 12.2. The summed E-state index contributed by atoms with van der Waals surface area (Å²) in [5, 5.41) is 0. The van der Waals surface area contributed by atoms with Crippen LogP contribution in [0.15, 0.2) is 96.2 Å². The molecule has 1 nitrogen and oxygen atoms in total. The summed E-state index contributed by atoms with van der Waals surface area (Å²) in [5.74, 6) is 2.09. The number of hydrogen-bond donors (Lipinski definition) is 0.